The lowest BCUT2D eigenvalue weighted by Crippen LogP contribution is -2.46. The molecule has 2 N–H and O–H groups in total. The Hall–Kier alpha value is -0.660. The monoisotopic (exact) mass is 361 g/mol. The van der Waals surface area contributed by atoms with Gasteiger partial charge in [0.25, 0.3) is 5.91 Å². The topological polar surface area (TPSA) is 58.6 Å². The summed E-state index contributed by atoms with van der Waals surface area (Å²) in [6.45, 7) is 1.38. The lowest BCUT2D eigenvalue weighted by atomic mass is 9.94. The average molecular weight is 361 g/mol. The van der Waals surface area contributed by atoms with Gasteiger partial charge in [-0.25, -0.2) is 0 Å². The van der Waals surface area contributed by atoms with Crippen LogP contribution < -0.4 is 5.32 Å². The molecule has 0 aliphatic carbocycles. The number of ether oxygens (including phenoxy) is 1. The molecule has 1 saturated heterocycles. The van der Waals surface area contributed by atoms with E-state index in [2.05, 4.69) is 27.9 Å². The van der Waals surface area contributed by atoms with Crippen molar-refractivity contribution >= 4 is 28.5 Å². The van der Waals surface area contributed by atoms with E-state index in [1.165, 1.54) is 0 Å². The minimum Gasteiger partial charge on any atom is -0.388 e. The first kappa shape index (κ1) is 13.8. The smallest absolute Gasteiger partial charge is 0.251 e. The normalized spacial score (nSPS) is 18.3. The number of hydrogen-bond donors (Lipinski definition) is 2. The van der Waals surface area contributed by atoms with Crippen molar-refractivity contribution in [2.45, 2.75) is 18.4 Å². The van der Waals surface area contributed by atoms with Crippen LogP contribution in [-0.4, -0.2) is 36.4 Å². The summed E-state index contributed by atoms with van der Waals surface area (Å²) in [7, 11) is 0. The van der Waals surface area contributed by atoms with Gasteiger partial charge in [-0.05, 0) is 46.9 Å². The minimum absolute atomic E-state index is 0.147. The molecule has 4 nitrogen and oxygen atoms in total. The molecular formula is C13H16INO3. The molecule has 2 rings (SSSR count). The van der Waals surface area contributed by atoms with E-state index in [1.54, 1.807) is 12.1 Å². The van der Waals surface area contributed by atoms with Crippen molar-refractivity contribution < 1.29 is 14.6 Å². The molecule has 0 unspecified atom stereocenters. The van der Waals surface area contributed by atoms with Crippen LogP contribution in [0, 0.1) is 3.57 Å². The third-order valence-electron chi connectivity index (χ3n) is 3.11. The molecule has 1 amide bonds. The molecule has 18 heavy (non-hydrogen) atoms. The van der Waals surface area contributed by atoms with Crippen LogP contribution in [-0.2, 0) is 4.74 Å². The van der Waals surface area contributed by atoms with E-state index in [4.69, 9.17) is 4.74 Å². The molecule has 0 radical (unpaired) electrons. The fourth-order valence-electron chi connectivity index (χ4n) is 1.88. The molecule has 1 fully saturated rings. The summed E-state index contributed by atoms with van der Waals surface area (Å²) < 4.78 is 6.29. The third-order valence-corrected chi connectivity index (χ3v) is 3.83. The van der Waals surface area contributed by atoms with Gasteiger partial charge in [0.15, 0.2) is 0 Å². The van der Waals surface area contributed by atoms with Gasteiger partial charge in [-0.1, -0.05) is 0 Å². The molecule has 0 bridgehead atoms. The highest BCUT2D eigenvalue weighted by Crippen LogP contribution is 2.19. The van der Waals surface area contributed by atoms with Crippen LogP contribution in [0.4, 0.5) is 0 Å². The van der Waals surface area contributed by atoms with E-state index in [0.29, 0.717) is 31.6 Å². The van der Waals surface area contributed by atoms with Crippen molar-refractivity contribution in [3.63, 3.8) is 0 Å². The summed E-state index contributed by atoms with van der Waals surface area (Å²) in [6.07, 6.45) is 1.14. The molecule has 0 aromatic heterocycles. The molecule has 1 aliphatic rings. The number of hydrogen-bond acceptors (Lipinski definition) is 3. The van der Waals surface area contributed by atoms with Crippen LogP contribution in [0.3, 0.4) is 0 Å². The van der Waals surface area contributed by atoms with Crippen molar-refractivity contribution in [2.24, 2.45) is 0 Å². The first-order valence-electron chi connectivity index (χ1n) is 5.93. The van der Waals surface area contributed by atoms with Crippen molar-refractivity contribution in [1.29, 1.82) is 0 Å². The van der Waals surface area contributed by atoms with E-state index < -0.39 is 5.60 Å². The molecule has 1 aromatic rings. The van der Waals surface area contributed by atoms with Crippen LogP contribution in [0.1, 0.15) is 23.2 Å². The zero-order valence-electron chi connectivity index (χ0n) is 9.99. The van der Waals surface area contributed by atoms with Gasteiger partial charge in [-0.2, -0.15) is 0 Å². The van der Waals surface area contributed by atoms with Crippen molar-refractivity contribution in [3.05, 3.63) is 33.4 Å². The summed E-state index contributed by atoms with van der Waals surface area (Å²) in [5, 5.41) is 13.0. The Balaban J connectivity index is 1.89. The van der Waals surface area contributed by atoms with Crippen LogP contribution in [0.15, 0.2) is 24.3 Å². The van der Waals surface area contributed by atoms with Gasteiger partial charge in [0.05, 0.1) is 5.60 Å². The number of aliphatic hydroxyl groups is 1. The fourth-order valence-corrected chi connectivity index (χ4v) is 2.24. The Morgan fingerprint density at radius 1 is 1.33 bits per heavy atom. The van der Waals surface area contributed by atoms with Gasteiger partial charge in [0.2, 0.25) is 0 Å². The van der Waals surface area contributed by atoms with Crippen molar-refractivity contribution in [1.82, 2.24) is 5.32 Å². The molecule has 0 atom stereocenters. The van der Waals surface area contributed by atoms with Crippen LogP contribution in [0.2, 0.25) is 0 Å². The lowest BCUT2D eigenvalue weighted by Gasteiger charge is -2.32. The quantitative estimate of drug-likeness (QED) is 0.804. The number of halogens is 1. The standard InChI is InChI=1S/C13H16INO3/c14-11-3-1-10(2-4-11)12(16)15-9-13(17)5-7-18-8-6-13/h1-4,17H,5-9H2,(H,15,16). The van der Waals surface area contributed by atoms with Crippen LogP contribution in [0.25, 0.3) is 0 Å². The highest BCUT2D eigenvalue weighted by Gasteiger charge is 2.30. The highest BCUT2D eigenvalue weighted by atomic mass is 127. The Bertz CT molecular complexity index is 413. The van der Waals surface area contributed by atoms with Gasteiger partial charge in [0, 0.05) is 41.7 Å². The summed E-state index contributed by atoms with van der Waals surface area (Å²) in [5.41, 5.74) is -0.206. The van der Waals surface area contributed by atoms with Gasteiger partial charge in [-0.3, -0.25) is 4.79 Å². The highest BCUT2D eigenvalue weighted by molar-refractivity contribution is 14.1. The second-order valence-electron chi connectivity index (χ2n) is 4.53. The number of nitrogens with one attached hydrogen (secondary N) is 1. The Labute approximate surface area is 120 Å². The molecule has 1 heterocycles. The molecule has 1 aliphatic heterocycles. The second-order valence-corrected chi connectivity index (χ2v) is 5.77. The van der Waals surface area contributed by atoms with Gasteiger partial charge < -0.3 is 15.2 Å². The summed E-state index contributed by atoms with van der Waals surface area (Å²) in [6, 6.07) is 7.34. The number of carbonyl (C=O) groups excluding carboxylic acids is 1. The largest absolute Gasteiger partial charge is 0.388 e. The molecule has 1 aromatic carbocycles. The summed E-state index contributed by atoms with van der Waals surface area (Å²) in [5.74, 6) is -0.147. The van der Waals surface area contributed by atoms with E-state index in [1.807, 2.05) is 12.1 Å². The minimum atomic E-state index is -0.822. The third kappa shape index (κ3) is 3.66. The second kappa shape index (κ2) is 5.99. The maximum absolute atomic E-state index is 11.9. The zero-order valence-corrected chi connectivity index (χ0v) is 12.1. The Morgan fingerprint density at radius 3 is 2.56 bits per heavy atom. The summed E-state index contributed by atoms with van der Waals surface area (Å²) >= 11 is 2.19. The number of benzene rings is 1. The molecule has 0 spiro atoms. The van der Waals surface area contributed by atoms with E-state index in [-0.39, 0.29) is 12.5 Å². The van der Waals surface area contributed by atoms with Crippen LogP contribution in [0.5, 0.6) is 0 Å². The SMILES string of the molecule is O=C(NCC1(O)CCOCC1)c1ccc(I)cc1. The number of amides is 1. The first-order chi connectivity index (χ1) is 8.59. The van der Waals surface area contributed by atoms with Gasteiger partial charge >= 0.3 is 0 Å². The van der Waals surface area contributed by atoms with E-state index in [0.717, 1.165) is 3.57 Å². The summed E-state index contributed by atoms with van der Waals surface area (Å²) in [4.78, 5) is 11.9. The van der Waals surface area contributed by atoms with Gasteiger partial charge in [-0.15, -0.1) is 0 Å². The maximum atomic E-state index is 11.9. The predicted octanol–water partition coefficient (Wildman–Crippen LogP) is 1.56. The number of rotatable bonds is 3. The van der Waals surface area contributed by atoms with Crippen molar-refractivity contribution in [2.75, 3.05) is 19.8 Å². The lowest BCUT2D eigenvalue weighted by molar-refractivity contribution is -0.0605. The van der Waals surface area contributed by atoms with Crippen LogP contribution >= 0.6 is 22.6 Å². The number of carbonyl (C=O) groups is 1. The average Bonchev–Trinajstić information content (AvgIpc) is 2.38. The predicted molar refractivity (Wildman–Crippen MR) is 76.5 cm³/mol. The molecule has 0 saturated carbocycles. The first-order valence-corrected chi connectivity index (χ1v) is 7.01. The maximum Gasteiger partial charge on any atom is 0.251 e. The molecule has 5 heteroatoms. The van der Waals surface area contributed by atoms with E-state index >= 15 is 0 Å². The van der Waals surface area contributed by atoms with E-state index in [9.17, 15) is 9.90 Å². The Morgan fingerprint density at radius 2 is 1.94 bits per heavy atom. The zero-order chi connectivity index (χ0) is 13.0. The molecule has 98 valence electrons. The molecular weight excluding hydrogens is 345 g/mol. The fraction of sp³-hybridized carbons (Fsp3) is 0.462. The van der Waals surface area contributed by atoms with Crippen molar-refractivity contribution in [3.8, 4) is 0 Å². The van der Waals surface area contributed by atoms with Gasteiger partial charge in [0.1, 0.15) is 0 Å². The Kier molecular flexibility index (Phi) is 4.58.